The lowest BCUT2D eigenvalue weighted by Crippen LogP contribution is -1.94. The van der Waals surface area contributed by atoms with Crippen molar-refractivity contribution in [3.63, 3.8) is 0 Å². The highest BCUT2D eigenvalue weighted by molar-refractivity contribution is 7.26. The number of unbranched alkanes of at least 4 members (excludes halogenated alkanes) is 10. The van der Waals surface area contributed by atoms with Gasteiger partial charge in [-0.15, -0.1) is 34.0 Å². The third-order valence-electron chi connectivity index (χ3n) is 7.59. The van der Waals surface area contributed by atoms with Crippen LogP contribution in [0.3, 0.4) is 0 Å². The van der Waals surface area contributed by atoms with E-state index in [-0.39, 0.29) is 0 Å². The fourth-order valence-corrected chi connectivity index (χ4v) is 8.48. The highest BCUT2D eigenvalue weighted by Crippen LogP contribution is 2.46. The summed E-state index contributed by atoms with van der Waals surface area (Å²) in [5.74, 6) is -0.883. The molecule has 2 nitrogen and oxygen atoms in total. The number of hydrogen-bond donors (Lipinski definition) is 1. The Labute approximate surface area is 253 Å². The topological polar surface area (TPSA) is 37.3 Å². The van der Waals surface area contributed by atoms with Crippen LogP contribution in [0.1, 0.15) is 112 Å². The Morgan fingerprint density at radius 3 is 1.75 bits per heavy atom. The number of carboxylic acids is 1. The number of carboxylic acid groups (broad SMARTS) is 1. The molecule has 3 aromatic heterocycles. The summed E-state index contributed by atoms with van der Waals surface area (Å²) < 4.78 is 0. The Morgan fingerprint density at radius 2 is 1.18 bits per heavy atom. The van der Waals surface area contributed by atoms with Gasteiger partial charge in [-0.3, -0.25) is 0 Å². The smallest absolute Gasteiger partial charge is 0.335 e. The average Bonchev–Trinajstić information content (AvgIpc) is 3.72. The van der Waals surface area contributed by atoms with Crippen molar-refractivity contribution in [3.8, 4) is 30.6 Å². The second kappa shape index (κ2) is 16.3. The fourth-order valence-electron chi connectivity index (χ4n) is 5.18. The van der Waals surface area contributed by atoms with E-state index >= 15 is 0 Å². The van der Waals surface area contributed by atoms with Crippen LogP contribution in [0.2, 0.25) is 0 Å². The molecular formula is C35H44O2S3. The van der Waals surface area contributed by atoms with E-state index in [9.17, 15) is 9.90 Å². The molecule has 0 unspecified atom stereocenters. The summed E-state index contributed by atoms with van der Waals surface area (Å²) in [4.78, 5) is 16.7. The van der Waals surface area contributed by atoms with Crippen LogP contribution in [0.15, 0.2) is 53.2 Å². The summed E-state index contributed by atoms with van der Waals surface area (Å²) in [5.41, 5.74) is 5.51. The Hall–Kier alpha value is -2.21. The van der Waals surface area contributed by atoms with Gasteiger partial charge in [0.1, 0.15) is 0 Å². The van der Waals surface area contributed by atoms with Crippen LogP contribution in [0, 0.1) is 0 Å². The molecule has 0 aliphatic carbocycles. The van der Waals surface area contributed by atoms with Gasteiger partial charge in [0.25, 0.3) is 0 Å². The molecule has 0 saturated heterocycles. The van der Waals surface area contributed by atoms with Gasteiger partial charge in [-0.2, -0.15) is 0 Å². The Balaban J connectivity index is 1.51. The van der Waals surface area contributed by atoms with Gasteiger partial charge >= 0.3 is 5.97 Å². The van der Waals surface area contributed by atoms with Crippen molar-refractivity contribution in [2.45, 2.75) is 104 Å². The van der Waals surface area contributed by atoms with E-state index in [0.29, 0.717) is 5.56 Å². The maximum atomic E-state index is 11.4. The van der Waals surface area contributed by atoms with Crippen LogP contribution in [-0.2, 0) is 12.8 Å². The van der Waals surface area contributed by atoms with Gasteiger partial charge in [0.15, 0.2) is 0 Å². The molecule has 0 aliphatic rings. The first kappa shape index (κ1) is 30.7. The number of thiophene rings is 3. The zero-order chi connectivity index (χ0) is 28.2. The quantitative estimate of drug-likeness (QED) is 0.117. The van der Waals surface area contributed by atoms with Crippen molar-refractivity contribution < 1.29 is 9.90 Å². The van der Waals surface area contributed by atoms with Gasteiger partial charge in [-0.1, -0.05) is 90.2 Å². The van der Waals surface area contributed by atoms with E-state index in [1.807, 2.05) is 46.1 Å². The molecule has 0 amide bonds. The van der Waals surface area contributed by atoms with E-state index in [4.69, 9.17) is 0 Å². The van der Waals surface area contributed by atoms with Crippen LogP contribution < -0.4 is 0 Å². The molecular weight excluding hydrogens is 549 g/mol. The number of carbonyl (C=O) groups is 1. The first-order valence-electron chi connectivity index (χ1n) is 15.2. The molecule has 0 bridgehead atoms. The van der Waals surface area contributed by atoms with E-state index in [0.717, 1.165) is 18.4 Å². The molecule has 5 heteroatoms. The lowest BCUT2D eigenvalue weighted by molar-refractivity contribution is 0.0697. The molecule has 1 aromatic carbocycles. The van der Waals surface area contributed by atoms with Gasteiger partial charge in [-0.25, -0.2) is 4.79 Å². The normalized spacial score (nSPS) is 11.3. The molecule has 4 aromatic rings. The molecule has 3 heterocycles. The lowest BCUT2D eigenvalue weighted by Gasteiger charge is -2.03. The number of aromatic carboxylic acids is 1. The molecule has 4 rings (SSSR count). The second-order valence-electron chi connectivity index (χ2n) is 10.9. The largest absolute Gasteiger partial charge is 0.478 e. The molecule has 0 saturated carbocycles. The Morgan fingerprint density at radius 1 is 0.650 bits per heavy atom. The molecule has 1 N–H and O–H groups in total. The molecule has 214 valence electrons. The summed E-state index contributed by atoms with van der Waals surface area (Å²) in [7, 11) is 0. The van der Waals surface area contributed by atoms with Crippen LogP contribution in [0.25, 0.3) is 30.6 Å². The SMILES string of the molecule is CCCCCCCCc1csc(-c2cc(-c3ccc(C(=O)O)cc3)c(-c3cc(CCCCCCCC)cs3)s2)c1. The lowest BCUT2D eigenvalue weighted by atomic mass is 10.0. The maximum absolute atomic E-state index is 11.4. The molecule has 0 fully saturated rings. The third kappa shape index (κ3) is 8.89. The van der Waals surface area contributed by atoms with Crippen LogP contribution >= 0.6 is 34.0 Å². The summed E-state index contributed by atoms with van der Waals surface area (Å²) in [6.07, 6.45) is 18.2. The van der Waals surface area contributed by atoms with Crippen LogP contribution in [0.4, 0.5) is 0 Å². The maximum Gasteiger partial charge on any atom is 0.335 e. The van der Waals surface area contributed by atoms with Gasteiger partial charge in [0.2, 0.25) is 0 Å². The van der Waals surface area contributed by atoms with Crippen molar-refractivity contribution in [1.82, 2.24) is 0 Å². The molecule has 0 spiro atoms. The second-order valence-corrected chi connectivity index (χ2v) is 13.8. The molecule has 40 heavy (non-hydrogen) atoms. The summed E-state index contributed by atoms with van der Waals surface area (Å²) >= 11 is 5.57. The zero-order valence-corrected chi connectivity index (χ0v) is 26.6. The predicted molar refractivity (Wildman–Crippen MR) is 178 cm³/mol. The molecule has 0 radical (unpaired) electrons. The summed E-state index contributed by atoms with van der Waals surface area (Å²) in [6, 6.07) is 14.5. The predicted octanol–water partition coefficient (Wildman–Crippen LogP) is 12.4. The van der Waals surface area contributed by atoms with Crippen molar-refractivity contribution >= 4 is 40.0 Å². The standard InChI is InChI=1S/C35H44O2S3/c1-3-5-7-9-11-13-15-26-21-31(38-24-26)32-23-30(28-17-19-29(20-18-28)35(36)37)34(40-32)33-22-27(25-39-33)16-14-12-10-8-6-4-2/h17-25H,3-16H2,1-2H3,(H,36,37). The van der Waals surface area contributed by atoms with E-state index in [1.165, 1.54) is 113 Å². The summed E-state index contributed by atoms with van der Waals surface area (Å²) in [5, 5.41) is 14.1. The highest BCUT2D eigenvalue weighted by Gasteiger charge is 2.17. The first-order chi connectivity index (χ1) is 19.6. The minimum absolute atomic E-state index is 0.329. The number of hydrogen-bond acceptors (Lipinski definition) is 4. The average molecular weight is 593 g/mol. The number of benzene rings is 1. The van der Waals surface area contributed by atoms with Gasteiger partial charge in [0.05, 0.1) is 10.4 Å². The number of rotatable bonds is 18. The van der Waals surface area contributed by atoms with Crippen molar-refractivity contribution in [2.24, 2.45) is 0 Å². The van der Waals surface area contributed by atoms with E-state index in [1.54, 1.807) is 12.1 Å². The van der Waals surface area contributed by atoms with E-state index in [2.05, 4.69) is 42.8 Å². The van der Waals surface area contributed by atoms with Crippen molar-refractivity contribution in [3.05, 3.63) is 69.9 Å². The van der Waals surface area contributed by atoms with Crippen LogP contribution in [0.5, 0.6) is 0 Å². The van der Waals surface area contributed by atoms with Gasteiger partial charge < -0.3 is 5.11 Å². The van der Waals surface area contributed by atoms with Crippen molar-refractivity contribution in [1.29, 1.82) is 0 Å². The third-order valence-corrected chi connectivity index (χ3v) is 11.1. The van der Waals surface area contributed by atoms with Gasteiger partial charge in [0, 0.05) is 20.2 Å². The zero-order valence-electron chi connectivity index (χ0n) is 24.2. The van der Waals surface area contributed by atoms with Gasteiger partial charge in [-0.05, 0) is 83.5 Å². The highest BCUT2D eigenvalue weighted by atomic mass is 32.1. The Bertz CT molecular complexity index is 1310. The van der Waals surface area contributed by atoms with Crippen molar-refractivity contribution in [2.75, 3.05) is 0 Å². The minimum atomic E-state index is -0.883. The monoisotopic (exact) mass is 592 g/mol. The first-order valence-corrected chi connectivity index (χ1v) is 17.8. The Kier molecular flexibility index (Phi) is 12.5. The molecule has 0 aliphatic heterocycles. The van der Waals surface area contributed by atoms with Crippen LogP contribution in [-0.4, -0.2) is 11.1 Å². The summed E-state index contributed by atoms with van der Waals surface area (Å²) in [6.45, 7) is 4.54. The fraction of sp³-hybridized carbons (Fsp3) is 0.457. The number of aryl methyl sites for hydroxylation is 2. The minimum Gasteiger partial charge on any atom is -0.478 e. The van der Waals surface area contributed by atoms with E-state index < -0.39 is 5.97 Å². The molecule has 0 atom stereocenters.